The topological polar surface area (TPSA) is 84.5 Å². The second-order valence-electron chi connectivity index (χ2n) is 3.75. The van der Waals surface area contributed by atoms with Crippen molar-refractivity contribution in [2.24, 2.45) is 0 Å². The van der Waals surface area contributed by atoms with Crippen molar-refractivity contribution >= 4 is 23.5 Å². The van der Waals surface area contributed by atoms with Gasteiger partial charge in [0.15, 0.2) is 0 Å². The summed E-state index contributed by atoms with van der Waals surface area (Å²) >= 11 is 0. The standard InChI is InChI=1S/C14H16N2O4/c1-3-9-15-12(17)13(18)16-11-7-5-10(6-8-11)14(19)20-4-2/h3,5-8H,1,4,9H2,2H3,(H,15,17)(H,16,18). The fraction of sp³-hybridized carbons (Fsp3) is 0.214. The van der Waals surface area contributed by atoms with Gasteiger partial charge in [0.05, 0.1) is 12.2 Å². The van der Waals surface area contributed by atoms with Gasteiger partial charge in [-0.3, -0.25) is 9.59 Å². The zero-order valence-electron chi connectivity index (χ0n) is 11.1. The van der Waals surface area contributed by atoms with Crippen LogP contribution in [0.1, 0.15) is 17.3 Å². The Labute approximate surface area is 116 Å². The van der Waals surface area contributed by atoms with E-state index in [9.17, 15) is 14.4 Å². The molecule has 106 valence electrons. The fourth-order valence-corrected chi connectivity index (χ4v) is 1.34. The molecule has 20 heavy (non-hydrogen) atoms. The van der Waals surface area contributed by atoms with E-state index < -0.39 is 17.8 Å². The molecule has 2 N–H and O–H groups in total. The first-order valence-corrected chi connectivity index (χ1v) is 6.05. The van der Waals surface area contributed by atoms with E-state index in [0.29, 0.717) is 17.9 Å². The van der Waals surface area contributed by atoms with E-state index in [-0.39, 0.29) is 6.54 Å². The van der Waals surface area contributed by atoms with Crippen LogP contribution in [0.3, 0.4) is 0 Å². The van der Waals surface area contributed by atoms with Gasteiger partial charge in [-0.1, -0.05) is 6.08 Å². The maximum absolute atomic E-state index is 11.5. The third-order valence-corrected chi connectivity index (χ3v) is 2.27. The molecule has 0 unspecified atom stereocenters. The number of ether oxygens (including phenoxy) is 1. The second kappa shape index (κ2) is 7.73. The van der Waals surface area contributed by atoms with Crippen molar-refractivity contribution in [3.63, 3.8) is 0 Å². The molecular formula is C14H16N2O4. The summed E-state index contributed by atoms with van der Waals surface area (Å²) in [5.74, 6) is -1.97. The van der Waals surface area contributed by atoms with Crippen LogP contribution in [-0.4, -0.2) is 30.9 Å². The number of rotatable bonds is 5. The Morgan fingerprint density at radius 3 is 2.40 bits per heavy atom. The maximum atomic E-state index is 11.5. The van der Waals surface area contributed by atoms with Gasteiger partial charge in [-0.25, -0.2) is 4.79 Å². The van der Waals surface area contributed by atoms with Gasteiger partial charge in [0.1, 0.15) is 0 Å². The molecule has 2 amide bonds. The molecule has 0 saturated carbocycles. The molecule has 1 rings (SSSR count). The van der Waals surface area contributed by atoms with Crippen LogP contribution in [0, 0.1) is 0 Å². The number of benzene rings is 1. The molecule has 6 heteroatoms. The summed E-state index contributed by atoms with van der Waals surface area (Å²) in [6.07, 6.45) is 1.47. The van der Waals surface area contributed by atoms with E-state index in [0.717, 1.165) is 0 Å². The van der Waals surface area contributed by atoms with E-state index in [1.54, 1.807) is 6.92 Å². The molecule has 0 bridgehead atoms. The van der Waals surface area contributed by atoms with E-state index in [2.05, 4.69) is 17.2 Å². The summed E-state index contributed by atoms with van der Waals surface area (Å²) in [6.45, 7) is 5.65. The Morgan fingerprint density at radius 1 is 1.20 bits per heavy atom. The van der Waals surface area contributed by atoms with Gasteiger partial charge in [0.25, 0.3) is 0 Å². The molecule has 0 atom stereocenters. The monoisotopic (exact) mass is 276 g/mol. The van der Waals surface area contributed by atoms with Crippen LogP contribution in [0.5, 0.6) is 0 Å². The molecule has 1 aromatic rings. The summed E-state index contributed by atoms with van der Waals surface area (Å²) in [5.41, 5.74) is 0.790. The third-order valence-electron chi connectivity index (χ3n) is 2.27. The molecule has 0 fully saturated rings. The summed E-state index contributed by atoms with van der Waals surface area (Å²) in [7, 11) is 0. The lowest BCUT2D eigenvalue weighted by Crippen LogP contribution is -2.35. The molecule has 0 spiro atoms. The van der Waals surface area contributed by atoms with Crippen molar-refractivity contribution < 1.29 is 19.1 Å². The maximum Gasteiger partial charge on any atom is 0.338 e. The van der Waals surface area contributed by atoms with Crippen LogP contribution in [0.2, 0.25) is 0 Å². The Bertz CT molecular complexity index is 508. The van der Waals surface area contributed by atoms with Gasteiger partial charge in [-0.2, -0.15) is 0 Å². The lowest BCUT2D eigenvalue weighted by molar-refractivity contribution is -0.136. The van der Waals surface area contributed by atoms with Crippen LogP contribution in [0.4, 0.5) is 5.69 Å². The number of hydrogen-bond donors (Lipinski definition) is 2. The quantitative estimate of drug-likeness (QED) is 0.479. The molecule has 0 aromatic heterocycles. The predicted octanol–water partition coefficient (Wildman–Crippen LogP) is 1.10. The van der Waals surface area contributed by atoms with Gasteiger partial charge >= 0.3 is 17.8 Å². The summed E-state index contributed by atoms with van der Waals surface area (Å²) in [6, 6.07) is 6.06. The summed E-state index contributed by atoms with van der Waals surface area (Å²) in [4.78, 5) is 34.2. The number of amides is 2. The highest BCUT2D eigenvalue weighted by Gasteiger charge is 2.13. The number of anilines is 1. The van der Waals surface area contributed by atoms with E-state index in [4.69, 9.17) is 4.74 Å². The van der Waals surface area contributed by atoms with Crippen molar-refractivity contribution in [1.29, 1.82) is 0 Å². The highest BCUT2D eigenvalue weighted by molar-refractivity contribution is 6.39. The Kier molecular flexibility index (Phi) is 5.96. The molecule has 0 radical (unpaired) electrons. The van der Waals surface area contributed by atoms with Crippen molar-refractivity contribution in [2.75, 3.05) is 18.5 Å². The number of carbonyl (C=O) groups excluding carboxylic acids is 3. The SMILES string of the molecule is C=CCNC(=O)C(=O)Nc1ccc(C(=O)OCC)cc1. The molecule has 1 aromatic carbocycles. The molecular weight excluding hydrogens is 260 g/mol. The normalized spacial score (nSPS) is 9.45. The number of carbonyl (C=O) groups is 3. The van der Waals surface area contributed by atoms with Crippen molar-refractivity contribution in [3.05, 3.63) is 42.5 Å². The Morgan fingerprint density at radius 2 is 1.85 bits per heavy atom. The average Bonchev–Trinajstić information content (AvgIpc) is 2.45. The number of hydrogen-bond acceptors (Lipinski definition) is 4. The molecule has 0 aliphatic rings. The van der Waals surface area contributed by atoms with Gasteiger partial charge in [0, 0.05) is 12.2 Å². The first kappa shape index (κ1) is 15.4. The lowest BCUT2D eigenvalue weighted by Gasteiger charge is -2.06. The van der Waals surface area contributed by atoms with Crippen LogP contribution < -0.4 is 10.6 Å². The molecule has 0 aliphatic carbocycles. The minimum atomic E-state index is -0.782. The first-order valence-electron chi connectivity index (χ1n) is 6.05. The number of nitrogens with one attached hydrogen (secondary N) is 2. The van der Waals surface area contributed by atoms with E-state index >= 15 is 0 Å². The largest absolute Gasteiger partial charge is 0.462 e. The van der Waals surface area contributed by atoms with Crippen LogP contribution in [-0.2, 0) is 14.3 Å². The average molecular weight is 276 g/mol. The second-order valence-corrected chi connectivity index (χ2v) is 3.75. The Balaban J connectivity index is 2.61. The van der Waals surface area contributed by atoms with Crippen LogP contribution in [0.25, 0.3) is 0 Å². The smallest absolute Gasteiger partial charge is 0.338 e. The van der Waals surface area contributed by atoms with Crippen LogP contribution >= 0.6 is 0 Å². The molecule has 0 saturated heterocycles. The third kappa shape index (κ3) is 4.56. The van der Waals surface area contributed by atoms with Gasteiger partial charge in [0.2, 0.25) is 0 Å². The molecule has 0 aliphatic heterocycles. The lowest BCUT2D eigenvalue weighted by atomic mass is 10.2. The Hall–Kier alpha value is -2.63. The zero-order chi connectivity index (χ0) is 15.0. The van der Waals surface area contributed by atoms with Crippen LogP contribution in [0.15, 0.2) is 36.9 Å². The first-order chi connectivity index (χ1) is 9.58. The van der Waals surface area contributed by atoms with Crippen molar-refractivity contribution in [2.45, 2.75) is 6.92 Å². The summed E-state index contributed by atoms with van der Waals surface area (Å²) < 4.78 is 4.83. The van der Waals surface area contributed by atoms with Crippen molar-refractivity contribution in [3.8, 4) is 0 Å². The van der Waals surface area contributed by atoms with E-state index in [1.807, 2.05) is 0 Å². The highest BCUT2D eigenvalue weighted by Crippen LogP contribution is 2.10. The molecule has 0 heterocycles. The van der Waals surface area contributed by atoms with Gasteiger partial charge in [-0.15, -0.1) is 6.58 Å². The summed E-state index contributed by atoms with van der Waals surface area (Å²) in [5, 5.41) is 4.77. The van der Waals surface area contributed by atoms with E-state index in [1.165, 1.54) is 30.3 Å². The fourth-order valence-electron chi connectivity index (χ4n) is 1.34. The minimum absolute atomic E-state index is 0.216. The number of esters is 1. The predicted molar refractivity (Wildman–Crippen MR) is 74.2 cm³/mol. The van der Waals surface area contributed by atoms with Gasteiger partial charge < -0.3 is 15.4 Å². The minimum Gasteiger partial charge on any atom is -0.462 e. The molecule has 6 nitrogen and oxygen atoms in total. The van der Waals surface area contributed by atoms with Crippen molar-refractivity contribution in [1.82, 2.24) is 5.32 Å². The zero-order valence-corrected chi connectivity index (χ0v) is 11.1. The highest BCUT2D eigenvalue weighted by atomic mass is 16.5. The van der Waals surface area contributed by atoms with Gasteiger partial charge in [-0.05, 0) is 31.2 Å².